The van der Waals surface area contributed by atoms with Crippen LogP contribution in [0.25, 0.3) is 0 Å². The van der Waals surface area contributed by atoms with E-state index < -0.39 is 83.8 Å². The summed E-state index contributed by atoms with van der Waals surface area (Å²) in [7, 11) is 1.17. The molecule has 1 N–H and O–H groups in total. The molecule has 6 rings (SSSR count). The fraction of sp³-hybridized carbons (Fsp3) is 0.450. The third-order valence-electron chi connectivity index (χ3n) is 11.7. The number of esters is 3. The molecule has 1 fully saturated rings. The van der Waals surface area contributed by atoms with E-state index in [1.165, 1.54) is 7.11 Å². The first-order valence-corrected chi connectivity index (χ1v) is 25.4. The molecule has 4 aromatic carbocycles. The zero-order valence-corrected chi connectivity index (χ0v) is 45.2. The van der Waals surface area contributed by atoms with E-state index in [2.05, 4.69) is 5.32 Å². The summed E-state index contributed by atoms with van der Waals surface area (Å²) in [5, 5.41) is 2.61. The van der Waals surface area contributed by atoms with Crippen LogP contribution in [0.2, 0.25) is 0 Å². The largest absolute Gasteiger partial charge is 0.467 e. The summed E-state index contributed by atoms with van der Waals surface area (Å²) in [5.41, 5.74) is 0.803. The number of nitrogens with one attached hydrogen (secondary N) is 1. The minimum Gasteiger partial charge on any atom is -0.467 e. The van der Waals surface area contributed by atoms with E-state index in [1.54, 1.807) is 69.2 Å². The van der Waals surface area contributed by atoms with Gasteiger partial charge in [-0.25, -0.2) is 19.2 Å². The Morgan fingerprint density at radius 3 is 1.41 bits per heavy atom. The number of ether oxygens (including phenoxy) is 9. The van der Waals surface area contributed by atoms with Crippen molar-refractivity contribution in [3.8, 4) is 0 Å². The van der Waals surface area contributed by atoms with Gasteiger partial charge in [-0.2, -0.15) is 0 Å². The quantitative estimate of drug-likeness (QED) is 0.0543. The molecule has 1 aromatic heterocycles. The Morgan fingerprint density at radius 1 is 0.560 bits per heavy atom. The Morgan fingerprint density at radius 2 is 0.973 bits per heavy atom. The summed E-state index contributed by atoms with van der Waals surface area (Å²) in [6.07, 6.45) is -5.72. The lowest BCUT2D eigenvalue weighted by molar-refractivity contribution is -0.272. The Balaban J connectivity index is 1.56. The lowest BCUT2D eigenvalue weighted by atomic mass is 9.87. The van der Waals surface area contributed by atoms with E-state index in [4.69, 9.17) is 47.6 Å². The molecule has 6 atom stereocenters. The number of carbonyl (C=O) groups excluding carboxylic acids is 4. The molecule has 402 valence electrons. The molecule has 0 saturated carbocycles. The highest BCUT2D eigenvalue weighted by Crippen LogP contribution is 2.35. The Kier molecular flexibility index (Phi) is 20.3. The summed E-state index contributed by atoms with van der Waals surface area (Å²) >= 11 is 0. The smallest absolute Gasteiger partial charge is 0.408 e. The van der Waals surface area contributed by atoms with Gasteiger partial charge in [0.2, 0.25) is 0 Å². The van der Waals surface area contributed by atoms with E-state index in [9.17, 15) is 14.4 Å². The first kappa shape index (κ1) is 57.8. The molecule has 1 saturated heterocycles. The van der Waals surface area contributed by atoms with Crippen LogP contribution in [0.1, 0.15) is 122 Å². The molecule has 1 amide bonds. The third-order valence-corrected chi connectivity index (χ3v) is 11.7. The van der Waals surface area contributed by atoms with Crippen LogP contribution < -0.4 is 5.32 Å². The average Bonchev–Trinajstić information content (AvgIpc) is 3.34. The number of aromatic nitrogens is 1. The first-order chi connectivity index (χ1) is 35.6. The van der Waals surface area contributed by atoms with Crippen LogP contribution >= 0.6 is 0 Å². The van der Waals surface area contributed by atoms with Crippen molar-refractivity contribution < 1.29 is 61.8 Å². The van der Waals surface area contributed by atoms with E-state index in [-0.39, 0.29) is 67.5 Å². The van der Waals surface area contributed by atoms with E-state index in [1.807, 2.05) is 121 Å². The maximum Gasteiger partial charge on any atom is 0.408 e. The number of amides is 1. The molecule has 0 spiro atoms. The van der Waals surface area contributed by atoms with Crippen LogP contribution in [0.5, 0.6) is 0 Å². The van der Waals surface area contributed by atoms with Gasteiger partial charge >= 0.3 is 24.0 Å². The number of nitrogens with zero attached hydrogens (tertiary/aromatic N) is 1. The first-order valence-electron chi connectivity index (χ1n) is 25.4. The van der Waals surface area contributed by atoms with E-state index in [0.29, 0.717) is 0 Å². The molecule has 0 unspecified atom stereocenters. The number of hydrogen-bond donors (Lipinski definition) is 1. The monoisotopic (exact) mass is 1030 g/mol. The van der Waals surface area contributed by atoms with Gasteiger partial charge in [-0.15, -0.1) is 0 Å². The van der Waals surface area contributed by atoms with Gasteiger partial charge in [0, 0.05) is 12.8 Å². The minimum atomic E-state index is -1.47. The number of carbonyl (C=O) groups is 4. The van der Waals surface area contributed by atoms with Gasteiger partial charge in [0.1, 0.15) is 47.3 Å². The normalized spacial score (nSPS) is 18.4. The van der Waals surface area contributed by atoms with Gasteiger partial charge in [0.15, 0.2) is 0 Å². The maximum atomic E-state index is 15.1. The second-order valence-electron chi connectivity index (χ2n) is 21.5. The number of benzene rings is 4. The van der Waals surface area contributed by atoms with Crippen LogP contribution in [0, 0.1) is 6.92 Å². The summed E-state index contributed by atoms with van der Waals surface area (Å²) in [5.74, 6) is -2.54. The second kappa shape index (κ2) is 26.3. The van der Waals surface area contributed by atoms with Crippen LogP contribution in [0.3, 0.4) is 0 Å². The molecule has 5 aromatic rings. The SMILES string of the molecule is COC(=O)[C@H](Cc1c(C(=O)OC(C)(C)C)c(C)nc(C[C@@H]2O[C@H](COCc3ccccc3)[C@@H](OCc3ccccc3)[C@H](OCc3ccccc3)[C@H]2OCc2ccccc2)c1C(=O)OC(C)(C)C)NC(=O)OC(C)(C)C. The van der Waals surface area contributed by atoms with Crippen molar-refractivity contribution in [3.63, 3.8) is 0 Å². The molecule has 1 aliphatic heterocycles. The van der Waals surface area contributed by atoms with Gasteiger partial charge in [-0.3, -0.25) is 4.98 Å². The molecule has 0 radical (unpaired) electrons. The topological polar surface area (TPSA) is 176 Å². The fourth-order valence-corrected chi connectivity index (χ4v) is 8.58. The summed E-state index contributed by atoms with van der Waals surface area (Å²) in [6.45, 7) is 17.8. The van der Waals surface area contributed by atoms with Crippen molar-refractivity contribution >= 4 is 24.0 Å². The molecule has 15 heteroatoms. The summed E-state index contributed by atoms with van der Waals surface area (Å²) < 4.78 is 57.5. The van der Waals surface area contributed by atoms with Gasteiger partial charge in [-0.1, -0.05) is 121 Å². The molecular weight excluding hydrogens is 957 g/mol. The highest BCUT2D eigenvalue weighted by atomic mass is 16.6. The predicted molar refractivity (Wildman–Crippen MR) is 282 cm³/mol. The number of methoxy groups -OCH3 is 1. The molecule has 2 heterocycles. The molecule has 0 bridgehead atoms. The van der Waals surface area contributed by atoms with E-state index >= 15 is 4.79 Å². The van der Waals surface area contributed by atoms with Crippen molar-refractivity contribution in [3.05, 3.63) is 172 Å². The van der Waals surface area contributed by atoms with Crippen molar-refractivity contribution in [2.75, 3.05) is 13.7 Å². The maximum absolute atomic E-state index is 15.1. The lowest BCUT2D eigenvalue weighted by Gasteiger charge is -2.46. The molecule has 75 heavy (non-hydrogen) atoms. The number of alkyl carbamates (subject to hydrolysis) is 1. The highest BCUT2D eigenvalue weighted by molar-refractivity contribution is 6.00. The van der Waals surface area contributed by atoms with Crippen molar-refractivity contribution in [1.82, 2.24) is 10.3 Å². The summed E-state index contributed by atoms with van der Waals surface area (Å²) in [4.78, 5) is 61.8. The van der Waals surface area contributed by atoms with Crippen molar-refractivity contribution in [1.29, 1.82) is 0 Å². The van der Waals surface area contributed by atoms with Crippen LogP contribution in [0.15, 0.2) is 121 Å². The van der Waals surface area contributed by atoms with Gasteiger partial charge < -0.3 is 47.9 Å². The molecule has 1 aliphatic rings. The van der Waals surface area contributed by atoms with Crippen molar-refractivity contribution in [2.45, 2.75) is 162 Å². The zero-order chi connectivity index (χ0) is 54.3. The molecule has 0 aliphatic carbocycles. The Bertz CT molecular complexity index is 2630. The van der Waals surface area contributed by atoms with Crippen LogP contribution in [0.4, 0.5) is 4.79 Å². The van der Waals surface area contributed by atoms with Gasteiger partial charge in [0.05, 0.1) is 68.8 Å². The third kappa shape index (κ3) is 17.8. The van der Waals surface area contributed by atoms with Crippen LogP contribution in [-0.4, -0.2) is 96.1 Å². The zero-order valence-electron chi connectivity index (χ0n) is 45.2. The Hall–Kier alpha value is -6.49. The van der Waals surface area contributed by atoms with Gasteiger partial charge in [-0.05, 0) is 97.1 Å². The summed E-state index contributed by atoms with van der Waals surface area (Å²) in [6, 6.07) is 37.6. The molecular formula is C60H74N2O13. The number of aryl methyl sites for hydroxylation is 1. The second-order valence-corrected chi connectivity index (χ2v) is 21.5. The predicted octanol–water partition coefficient (Wildman–Crippen LogP) is 10.2. The Labute approximate surface area is 441 Å². The highest BCUT2D eigenvalue weighted by Gasteiger charge is 2.49. The van der Waals surface area contributed by atoms with Crippen molar-refractivity contribution in [2.24, 2.45) is 0 Å². The minimum absolute atomic E-state index is 0.0220. The average molecular weight is 1030 g/mol. The number of hydrogen-bond acceptors (Lipinski definition) is 14. The fourth-order valence-electron chi connectivity index (χ4n) is 8.58. The lowest BCUT2D eigenvalue weighted by Crippen LogP contribution is -2.61. The van der Waals surface area contributed by atoms with Gasteiger partial charge in [0.25, 0.3) is 0 Å². The standard InChI is InChI=1S/C60H74N2O13/c1-39-49(55(64)73-58(2,3)4)44(32-46(54(63)67-11)62-57(66)75-60(8,9)10)50(56(65)74-59(5,6)7)45(61-39)33-47-51(69-35-41-26-18-13-19-27-41)53(71-37-43-30-22-15-23-31-43)52(70-36-42-28-20-14-21-29-42)48(72-47)38-68-34-40-24-16-12-17-25-40/h12-31,46-48,51-53H,32-38H2,1-11H3,(H,62,66)/t46-,47-,48+,51-,52+,53+/m0/s1. The molecule has 15 nitrogen and oxygen atoms in total. The van der Waals surface area contributed by atoms with Crippen LogP contribution in [-0.2, 0) is 86.7 Å². The number of pyridine rings is 1. The van der Waals surface area contributed by atoms with E-state index in [0.717, 1.165) is 22.3 Å². The number of rotatable bonds is 21.